The van der Waals surface area contributed by atoms with Crippen molar-refractivity contribution in [2.75, 3.05) is 0 Å². The molecule has 1 aliphatic rings. The highest BCUT2D eigenvalue weighted by Crippen LogP contribution is 2.49. The quantitative estimate of drug-likeness (QED) is 0.858. The number of fused-ring (bicyclic) bond motifs is 1. The van der Waals surface area contributed by atoms with Crippen LogP contribution in [0.25, 0.3) is 10.9 Å². The van der Waals surface area contributed by atoms with E-state index in [1.165, 1.54) is 0 Å². The molecular formula is C13H12ClNO2. The number of halogens is 1. The molecule has 2 aromatic rings. The van der Waals surface area contributed by atoms with Crippen LogP contribution in [0.2, 0.25) is 5.02 Å². The molecule has 0 amide bonds. The van der Waals surface area contributed by atoms with E-state index in [4.69, 9.17) is 11.6 Å². The maximum atomic E-state index is 11.3. The second kappa shape index (κ2) is 3.26. The summed E-state index contributed by atoms with van der Waals surface area (Å²) in [5, 5.41) is 10.9. The zero-order chi connectivity index (χ0) is 12.2. The molecule has 0 spiro atoms. The van der Waals surface area contributed by atoms with Crippen molar-refractivity contribution >= 4 is 28.5 Å². The Kier molecular flexibility index (Phi) is 2.05. The molecule has 0 atom stereocenters. The van der Waals surface area contributed by atoms with Crippen molar-refractivity contribution in [3.63, 3.8) is 0 Å². The van der Waals surface area contributed by atoms with E-state index in [1.807, 2.05) is 19.2 Å². The Hall–Kier alpha value is -1.48. The number of aromatic nitrogens is 1. The van der Waals surface area contributed by atoms with Crippen LogP contribution in [0.3, 0.4) is 0 Å². The topological polar surface area (TPSA) is 53.1 Å². The number of nitrogens with one attached hydrogen (secondary N) is 1. The summed E-state index contributed by atoms with van der Waals surface area (Å²) < 4.78 is 0. The van der Waals surface area contributed by atoms with Crippen LogP contribution in [-0.2, 0) is 10.2 Å². The Labute approximate surface area is 103 Å². The summed E-state index contributed by atoms with van der Waals surface area (Å²) in [6, 6.07) is 3.73. The average Bonchev–Trinajstić information content (AvgIpc) is 3.01. The predicted octanol–water partition coefficient (Wildman–Crippen LogP) is 3.25. The molecule has 3 rings (SSSR count). The summed E-state index contributed by atoms with van der Waals surface area (Å²) in [7, 11) is 0. The molecule has 0 aliphatic heterocycles. The molecule has 3 nitrogen and oxygen atoms in total. The zero-order valence-corrected chi connectivity index (χ0v) is 10.1. The number of hydrogen-bond donors (Lipinski definition) is 2. The Bertz CT molecular complexity index is 626. The van der Waals surface area contributed by atoms with E-state index in [9.17, 15) is 9.90 Å². The maximum absolute atomic E-state index is 11.3. The molecule has 0 radical (unpaired) electrons. The van der Waals surface area contributed by atoms with E-state index in [1.54, 1.807) is 6.07 Å². The fourth-order valence-corrected chi connectivity index (χ4v) is 2.62. The minimum atomic E-state index is -0.749. The van der Waals surface area contributed by atoms with Gasteiger partial charge in [0.2, 0.25) is 0 Å². The Balaban J connectivity index is 2.25. The summed E-state index contributed by atoms with van der Waals surface area (Å²) in [4.78, 5) is 14.4. The van der Waals surface area contributed by atoms with Crippen LogP contribution in [0.4, 0.5) is 0 Å². The minimum absolute atomic E-state index is 0.595. The van der Waals surface area contributed by atoms with Crippen molar-refractivity contribution in [3.8, 4) is 0 Å². The standard InChI is InChI=1S/C13H12ClNO2/c1-7-6-15-11-9(7)4-8(5-10(11)14)13(2-3-13)12(16)17/h4-6,15H,2-3H2,1H3,(H,16,17). The second-order valence-electron chi connectivity index (χ2n) is 4.74. The van der Waals surface area contributed by atoms with Gasteiger partial charge in [0.25, 0.3) is 0 Å². The second-order valence-corrected chi connectivity index (χ2v) is 5.15. The summed E-state index contributed by atoms with van der Waals surface area (Å²) in [6.07, 6.45) is 3.29. The van der Waals surface area contributed by atoms with Gasteiger partial charge in [0, 0.05) is 11.6 Å². The van der Waals surface area contributed by atoms with Crippen LogP contribution in [0.5, 0.6) is 0 Å². The molecule has 1 saturated carbocycles. The smallest absolute Gasteiger partial charge is 0.314 e. The van der Waals surface area contributed by atoms with Crippen LogP contribution in [0.1, 0.15) is 24.0 Å². The SMILES string of the molecule is Cc1c[nH]c2c(Cl)cc(C3(C(=O)O)CC3)cc12. The molecule has 1 aromatic carbocycles. The third-order valence-electron chi connectivity index (χ3n) is 3.66. The largest absolute Gasteiger partial charge is 0.481 e. The molecule has 0 bridgehead atoms. The first-order valence-electron chi connectivity index (χ1n) is 5.56. The Morgan fingerprint density at radius 2 is 2.18 bits per heavy atom. The van der Waals surface area contributed by atoms with Gasteiger partial charge in [-0.05, 0) is 43.0 Å². The lowest BCUT2D eigenvalue weighted by molar-refractivity contribution is -0.140. The molecule has 1 aromatic heterocycles. The summed E-state index contributed by atoms with van der Waals surface area (Å²) >= 11 is 6.19. The van der Waals surface area contributed by atoms with Crippen molar-refractivity contribution in [1.82, 2.24) is 4.98 Å². The molecule has 1 fully saturated rings. The van der Waals surface area contributed by atoms with Gasteiger partial charge in [-0.1, -0.05) is 11.6 Å². The highest BCUT2D eigenvalue weighted by Gasteiger charge is 2.52. The van der Waals surface area contributed by atoms with E-state index in [0.29, 0.717) is 17.9 Å². The molecule has 1 heterocycles. The molecular weight excluding hydrogens is 238 g/mol. The normalized spacial score (nSPS) is 17.3. The monoisotopic (exact) mass is 249 g/mol. The van der Waals surface area contributed by atoms with Gasteiger partial charge < -0.3 is 10.1 Å². The van der Waals surface area contributed by atoms with Crippen LogP contribution in [0, 0.1) is 6.92 Å². The number of rotatable bonds is 2. The first kappa shape index (κ1) is 10.7. The highest BCUT2D eigenvalue weighted by atomic mass is 35.5. The zero-order valence-electron chi connectivity index (χ0n) is 9.38. The molecule has 2 N–H and O–H groups in total. The number of benzene rings is 1. The van der Waals surface area contributed by atoms with Crippen LogP contribution in [0.15, 0.2) is 18.3 Å². The Morgan fingerprint density at radius 1 is 1.47 bits per heavy atom. The van der Waals surface area contributed by atoms with Gasteiger partial charge in [0.1, 0.15) is 0 Å². The fraction of sp³-hybridized carbons (Fsp3) is 0.308. The molecule has 0 unspecified atom stereocenters. The first-order chi connectivity index (χ1) is 8.04. The van der Waals surface area contributed by atoms with Crippen molar-refractivity contribution in [1.29, 1.82) is 0 Å². The van der Waals surface area contributed by atoms with Crippen LogP contribution >= 0.6 is 11.6 Å². The molecule has 17 heavy (non-hydrogen) atoms. The van der Waals surface area contributed by atoms with Gasteiger partial charge in [-0.3, -0.25) is 4.79 Å². The maximum Gasteiger partial charge on any atom is 0.314 e. The van der Waals surface area contributed by atoms with E-state index in [-0.39, 0.29) is 0 Å². The molecule has 0 saturated heterocycles. The van der Waals surface area contributed by atoms with Gasteiger partial charge >= 0.3 is 5.97 Å². The summed E-state index contributed by atoms with van der Waals surface area (Å²) in [5.74, 6) is -0.749. The van der Waals surface area contributed by atoms with Crippen molar-refractivity contribution in [2.24, 2.45) is 0 Å². The number of H-pyrrole nitrogens is 1. The lowest BCUT2D eigenvalue weighted by Gasteiger charge is -2.11. The lowest BCUT2D eigenvalue weighted by atomic mass is 9.94. The number of aliphatic carboxylic acids is 1. The number of carbonyl (C=O) groups is 1. The van der Waals surface area contributed by atoms with Crippen LogP contribution < -0.4 is 0 Å². The van der Waals surface area contributed by atoms with Crippen molar-refractivity contribution in [2.45, 2.75) is 25.2 Å². The first-order valence-corrected chi connectivity index (χ1v) is 5.93. The van der Waals surface area contributed by atoms with E-state index < -0.39 is 11.4 Å². The van der Waals surface area contributed by atoms with Gasteiger partial charge in [0.15, 0.2) is 0 Å². The van der Waals surface area contributed by atoms with E-state index in [2.05, 4.69) is 4.98 Å². The fourth-order valence-electron chi connectivity index (χ4n) is 2.35. The Morgan fingerprint density at radius 3 is 2.76 bits per heavy atom. The number of aryl methyl sites for hydroxylation is 1. The number of aromatic amines is 1. The third kappa shape index (κ3) is 1.39. The lowest BCUT2D eigenvalue weighted by Crippen LogP contribution is -2.19. The van der Waals surface area contributed by atoms with Gasteiger partial charge in [-0.15, -0.1) is 0 Å². The third-order valence-corrected chi connectivity index (χ3v) is 3.96. The number of carboxylic acids is 1. The summed E-state index contributed by atoms with van der Waals surface area (Å²) in [5.41, 5.74) is 2.10. The minimum Gasteiger partial charge on any atom is -0.481 e. The molecule has 88 valence electrons. The molecule has 4 heteroatoms. The number of hydrogen-bond acceptors (Lipinski definition) is 1. The van der Waals surface area contributed by atoms with Crippen molar-refractivity contribution < 1.29 is 9.90 Å². The number of carboxylic acid groups (broad SMARTS) is 1. The van der Waals surface area contributed by atoms with Gasteiger partial charge in [0.05, 0.1) is 16.0 Å². The summed E-state index contributed by atoms with van der Waals surface area (Å²) in [6.45, 7) is 1.99. The predicted molar refractivity (Wildman–Crippen MR) is 66.6 cm³/mol. The average molecular weight is 250 g/mol. The molecule has 1 aliphatic carbocycles. The van der Waals surface area contributed by atoms with Crippen molar-refractivity contribution in [3.05, 3.63) is 34.5 Å². The van der Waals surface area contributed by atoms with Crippen LogP contribution in [-0.4, -0.2) is 16.1 Å². The highest BCUT2D eigenvalue weighted by molar-refractivity contribution is 6.35. The van der Waals surface area contributed by atoms with E-state index >= 15 is 0 Å². The van der Waals surface area contributed by atoms with Gasteiger partial charge in [-0.2, -0.15) is 0 Å². The van der Waals surface area contributed by atoms with E-state index in [0.717, 1.165) is 22.0 Å². The van der Waals surface area contributed by atoms with Gasteiger partial charge in [-0.25, -0.2) is 0 Å².